The summed E-state index contributed by atoms with van der Waals surface area (Å²) in [6.07, 6.45) is 0.115. The molecule has 0 saturated heterocycles. The van der Waals surface area contributed by atoms with E-state index in [1.807, 2.05) is 30.3 Å². The zero-order valence-corrected chi connectivity index (χ0v) is 13.0. The summed E-state index contributed by atoms with van der Waals surface area (Å²) in [7, 11) is 0. The maximum Gasteiger partial charge on any atom is 0.312 e. The van der Waals surface area contributed by atoms with Gasteiger partial charge in [0.2, 0.25) is 0 Å². The molecule has 2 atom stereocenters. The molecule has 0 unspecified atom stereocenters. The van der Waals surface area contributed by atoms with Crippen LogP contribution in [0.25, 0.3) is 0 Å². The summed E-state index contributed by atoms with van der Waals surface area (Å²) < 4.78 is 5.75. The maximum absolute atomic E-state index is 13.1. The Morgan fingerprint density at radius 3 is 2.54 bits per heavy atom. The van der Waals surface area contributed by atoms with E-state index in [0.29, 0.717) is 17.9 Å². The molecule has 122 valence electrons. The number of fused-ring (bicyclic) bond motifs is 2. The summed E-state index contributed by atoms with van der Waals surface area (Å²) >= 11 is 0. The van der Waals surface area contributed by atoms with E-state index in [9.17, 15) is 14.7 Å². The first-order chi connectivity index (χ1) is 11.7. The Labute approximate surface area is 139 Å². The number of hydrogen-bond acceptors (Lipinski definition) is 3. The molecule has 2 aromatic rings. The van der Waals surface area contributed by atoms with Gasteiger partial charge in [-0.25, -0.2) is 0 Å². The van der Waals surface area contributed by atoms with E-state index in [2.05, 4.69) is 0 Å². The number of aliphatic carboxylic acids is 1. The molecule has 0 saturated carbocycles. The minimum atomic E-state index is -0.914. The smallest absolute Gasteiger partial charge is 0.312 e. The third kappa shape index (κ3) is 2.29. The van der Waals surface area contributed by atoms with Crippen molar-refractivity contribution in [3.63, 3.8) is 0 Å². The number of nitrogens with zero attached hydrogens (tertiary/aromatic N) is 1. The van der Waals surface area contributed by atoms with Crippen LogP contribution in [0.5, 0.6) is 0 Å². The zero-order valence-electron chi connectivity index (χ0n) is 13.0. The van der Waals surface area contributed by atoms with Gasteiger partial charge in [0, 0.05) is 12.2 Å². The first kappa shape index (κ1) is 14.9. The fourth-order valence-electron chi connectivity index (χ4n) is 3.57. The number of ether oxygens (including phenoxy) is 1. The largest absolute Gasteiger partial charge is 0.481 e. The fraction of sp³-hybridized carbons (Fsp3) is 0.263. The van der Waals surface area contributed by atoms with Gasteiger partial charge in [0.15, 0.2) is 6.10 Å². The standard InChI is InChI=1S/C19H17NO4/c21-18(17-13-6-2-1-5-12(13)9-10-24-17)20-11-15(19(22)23)14-7-3-4-8-16(14)20/h1-8,15,17H,9-11H2,(H,22,23)/t15-,17-/m1/s1. The number of amides is 1. The van der Waals surface area contributed by atoms with Crippen LogP contribution in [0.15, 0.2) is 48.5 Å². The minimum absolute atomic E-state index is 0.148. The molecule has 1 N–H and O–H groups in total. The van der Waals surface area contributed by atoms with Gasteiger partial charge < -0.3 is 14.7 Å². The molecule has 0 spiro atoms. The van der Waals surface area contributed by atoms with Gasteiger partial charge in [-0.15, -0.1) is 0 Å². The summed E-state index contributed by atoms with van der Waals surface area (Å²) in [4.78, 5) is 26.2. The monoisotopic (exact) mass is 323 g/mol. The third-order valence-electron chi connectivity index (χ3n) is 4.75. The van der Waals surface area contributed by atoms with E-state index in [1.54, 1.807) is 23.1 Å². The van der Waals surface area contributed by atoms with E-state index >= 15 is 0 Å². The molecular weight excluding hydrogens is 306 g/mol. The van der Waals surface area contributed by atoms with Crippen molar-refractivity contribution in [1.82, 2.24) is 0 Å². The molecule has 0 aromatic heterocycles. The number of carboxylic acids is 1. The van der Waals surface area contributed by atoms with Crippen LogP contribution in [0.3, 0.4) is 0 Å². The second-order valence-corrected chi connectivity index (χ2v) is 6.10. The van der Waals surface area contributed by atoms with Gasteiger partial charge >= 0.3 is 5.97 Å². The van der Waals surface area contributed by atoms with Gasteiger partial charge in [-0.2, -0.15) is 0 Å². The predicted molar refractivity (Wildman–Crippen MR) is 88.0 cm³/mol. The van der Waals surface area contributed by atoms with Crippen molar-refractivity contribution >= 4 is 17.6 Å². The summed E-state index contributed by atoms with van der Waals surface area (Å²) in [6, 6.07) is 15.0. The lowest BCUT2D eigenvalue weighted by molar-refractivity contribution is -0.138. The van der Waals surface area contributed by atoms with Crippen LogP contribution in [-0.4, -0.2) is 30.1 Å². The molecule has 5 nitrogen and oxygen atoms in total. The van der Waals surface area contributed by atoms with Crippen LogP contribution in [0, 0.1) is 0 Å². The Morgan fingerprint density at radius 1 is 1.04 bits per heavy atom. The van der Waals surface area contributed by atoms with Crippen LogP contribution in [0.1, 0.15) is 28.7 Å². The average Bonchev–Trinajstić information content (AvgIpc) is 3.00. The maximum atomic E-state index is 13.1. The number of carbonyl (C=O) groups is 2. The van der Waals surface area contributed by atoms with E-state index in [0.717, 1.165) is 17.5 Å². The SMILES string of the molecule is O=C(O)[C@@H]1CN(C(=O)[C@@H]2OCCc3ccccc32)c2ccccc21. The fourth-order valence-corrected chi connectivity index (χ4v) is 3.57. The van der Waals surface area contributed by atoms with Crippen molar-refractivity contribution in [2.75, 3.05) is 18.1 Å². The van der Waals surface area contributed by atoms with Crippen molar-refractivity contribution in [3.05, 3.63) is 65.2 Å². The molecule has 24 heavy (non-hydrogen) atoms. The number of rotatable bonds is 2. The molecule has 1 amide bonds. The lowest BCUT2D eigenvalue weighted by Gasteiger charge is -2.29. The number of benzene rings is 2. The molecule has 2 aliphatic rings. The molecular formula is C19H17NO4. The Balaban J connectivity index is 1.71. The minimum Gasteiger partial charge on any atom is -0.481 e. The Hall–Kier alpha value is -2.66. The van der Waals surface area contributed by atoms with Gasteiger partial charge in [-0.05, 0) is 29.2 Å². The van der Waals surface area contributed by atoms with Gasteiger partial charge in [0.25, 0.3) is 5.91 Å². The van der Waals surface area contributed by atoms with Crippen molar-refractivity contribution in [3.8, 4) is 0 Å². The molecule has 2 aliphatic heterocycles. The Bertz CT molecular complexity index is 817. The summed E-state index contributed by atoms with van der Waals surface area (Å²) in [5.74, 6) is -1.80. The van der Waals surface area contributed by atoms with E-state index in [4.69, 9.17) is 4.74 Å². The van der Waals surface area contributed by atoms with Crippen LogP contribution in [0.4, 0.5) is 5.69 Å². The number of carbonyl (C=O) groups excluding carboxylic acids is 1. The summed E-state index contributed by atoms with van der Waals surface area (Å²) in [5.41, 5.74) is 3.35. The quantitative estimate of drug-likeness (QED) is 0.922. The van der Waals surface area contributed by atoms with Crippen LogP contribution in [0.2, 0.25) is 0 Å². The number of anilines is 1. The predicted octanol–water partition coefficient (Wildman–Crippen LogP) is 2.52. The van der Waals surface area contributed by atoms with Crippen molar-refractivity contribution < 1.29 is 19.4 Å². The number of hydrogen-bond donors (Lipinski definition) is 1. The van der Waals surface area contributed by atoms with E-state index < -0.39 is 18.0 Å². The van der Waals surface area contributed by atoms with Gasteiger partial charge in [0.05, 0.1) is 6.61 Å². The van der Waals surface area contributed by atoms with Gasteiger partial charge in [-0.3, -0.25) is 9.59 Å². The van der Waals surface area contributed by atoms with Crippen LogP contribution >= 0.6 is 0 Å². The summed E-state index contributed by atoms with van der Waals surface area (Å²) in [5, 5.41) is 9.46. The highest BCUT2D eigenvalue weighted by atomic mass is 16.5. The van der Waals surface area contributed by atoms with E-state index in [1.165, 1.54) is 0 Å². The first-order valence-corrected chi connectivity index (χ1v) is 7.99. The first-order valence-electron chi connectivity index (χ1n) is 7.99. The molecule has 0 aliphatic carbocycles. The molecule has 0 radical (unpaired) electrons. The Kier molecular flexibility index (Phi) is 3.58. The average molecular weight is 323 g/mol. The van der Waals surface area contributed by atoms with Gasteiger partial charge in [0.1, 0.15) is 5.92 Å². The molecule has 4 rings (SSSR count). The van der Waals surface area contributed by atoms with Gasteiger partial charge in [-0.1, -0.05) is 42.5 Å². The second kappa shape index (κ2) is 5.76. The highest BCUT2D eigenvalue weighted by Gasteiger charge is 2.40. The molecule has 2 aromatic carbocycles. The Morgan fingerprint density at radius 2 is 1.75 bits per heavy atom. The molecule has 5 heteroatoms. The third-order valence-corrected chi connectivity index (χ3v) is 4.75. The van der Waals surface area contributed by atoms with Crippen molar-refractivity contribution in [1.29, 1.82) is 0 Å². The topological polar surface area (TPSA) is 66.8 Å². The van der Waals surface area contributed by atoms with Crippen LogP contribution in [-0.2, 0) is 20.7 Å². The van der Waals surface area contributed by atoms with Crippen molar-refractivity contribution in [2.24, 2.45) is 0 Å². The second-order valence-electron chi connectivity index (χ2n) is 6.10. The lowest BCUT2D eigenvalue weighted by atomic mass is 9.97. The van der Waals surface area contributed by atoms with E-state index in [-0.39, 0.29) is 12.5 Å². The lowest BCUT2D eigenvalue weighted by Crippen LogP contribution is -2.38. The molecule has 0 fully saturated rings. The van der Waals surface area contributed by atoms with Crippen molar-refractivity contribution in [2.45, 2.75) is 18.4 Å². The number of carboxylic acid groups (broad SMARTS) is 1. The normalized spacial score (nSPS) is 21.9. The highest BCUT2D eigenvalue weighted by Crippen LogP contribution is 2.39. The highest BCUT2D eigenvalue weighted by molar-refractivity contribution is 6.01. The van der Waals surface area contributed by atoms with Crippen LogP contribution < -0.4 is 4.90 Å². The summed E-state index contributed by atoms with van der Waals surface area (Å²) in [6.45, 7) is 0.640. The molecule has 2 heterocycles. The zero-order chi connectivity index (χ0) is 16.7. The number of para-hydroxylation sites is 1. The molecule has 0 bridgehead atoms.